The zero-order valence-corrected chi connectivity index (χ0v) is 16.3. The molecule has 1 heterocycles. The summed E-state index contributed by atoms with van der Waals surface area (Å²) in [5, 5.41) is 0. The molecule has 1 aliphatic carbocycles. The number of carbonyl (C=O) groups excluding carboxylic acids is 3. The molecule has 0 unspecified atom stereocenters. The van der Waals surface area contributed by atoms with Crippen molar-refractivity contribution in [2.24, 2.45) is 17.8 Å². The molecule has 0 bridgehead atoms. The second-order valence-corrected chi connectivity index (χ2v) is 7.90. The highest BCUT2D eigenvalue weighted by Gasteiger charge is 2.50. The SMILES string of the molecule is CCCCCCC(=O)Oc1ccccc1N1C(=O)[C@@H]2CC[C@H](C)C[C@H]2C1=O. The first-order chi connectivity index (χ1) is 13.0. The van der Waals surface area contributed by atoms with Gasteiger partial charge in [-0.1, -0.05) is 45.2 Å². The van der Waals surface area contributed by atoms with Gasteiger partial charge in [0.15, 0.2) is 5.75 Å². The van der Waals surface area contributed by atoms with Crippen molar-refractivity contribution in [3.05, 3.63) is 24.3 Å². The Morgan fingerprint density at radius 3 is 2.59 bits per heavy atom. The van der Waals surface area contributed by atoms with Crippen LogP contribution in [0.3, 0.4) is 0 Å². The van der Waals surface area contributed by atoms with Crippen molar-refractivity contribution in [2.45, 2.75) is 65.2 Å². The van der Waals surface area contributed by atoms with E-state index >= 15 is 0 Å². The molecule has 3 atom stereocenters. The number of amides is 2. The topological polar surface area (TPSA) is 63.7 Å². The number of ether oxygens (including phenoxy) is 1. The quantitative estimate of drug-likeness (QED) is 0.307. The summed E-state index contributed by atoms with van der Waals surface area (Å²) in [6.07, 6.45) is 6.83. The van der Waals surface area contributed by atoms with Crippen LogP contribution in [0.4, 0.5) is 5.69 Å². The molecule has 27 heavy (non-hydrogen) atoms. The molecular formula is C22H29NO4. The van der Waals surface area contributed by atoms with E-state index in [1.54, 1.807) is 24.3 Å². The third-order valence-electron chi connectivity index (χ3n) is 5.75. The molecule has 1 aromatic carbocycles. The molecule has 0 spiro atoms. The minimum absolute atomic E-state index is 0.150. The Morgan fingerprint density at radius 2 is 1.81 bits per heavy atom. The number of esters is 1. The number of hydrogen-bond acceptors (Lipinski definition) is 4. The average Bonchev–Trinajstić information content (AvgIpc) is 2.89. The van der Waals surface area contributed by atoms with E-state index < -0.39 is 0 Å². The van der Waals surface area contributed by atoms with E-state index in [9.17, 15) is 14.4 Å². The van der Waals surface area contributed by atoms with E-state index in [-0.39, 0.29) is 29.6 Å². The first-order valence-electron chi connectivity index (χ1n) is 10.2. The maximum Gasteiger partial charge on any atom is 0.311 e. The van der Waals surface area contributed by atoms with Crippen molar-refractivity contribution >= 4 is 23.5 Å². The molecule has 3 rings (SSSR count). The molecule has 1 aromatic rings. The minimum Gasteiger partial charge on any atom is -0.424 e. The number of para-hydroxylation sites is 2. The van der Waals surface area contributed by atoms with Crippen LogP contribution in [-0.4, -0.2) is 17.8 Å². The molecule has 5 heteroatoms. The van der Waals surface area contributed by atoms with Crippen LogP contribution in [0.2, 0.25) is 0 Å². The fraction of sp³-hybridized carbons (Fsp3) is 0.591. The van der Waals surface area contributed by atoms with Crippen LogP contribution in [0.15, 0.2) is 24.3 Å². The highest BCUT2D eigenvalue weighted by molar-refractivity contribution is 6.22. The van der Waals surface area contributed by atoms with E-state index in [0.29, 0.717) is 23.8 Å². The maximum atomic E-state index is 12.9. The van der Waals surface area contributed by atoms with Crippen molar-refractivity contribution in [3.63, 3.8) is 0 Å². The van der Waals surface area contributed by atoms with E-state index in [2.05, 4.69) is 13.8 Å². The van der Waals surface area contributed by atoms with Crippen molar-refractivity contribution in [3.8, 4) is 5.75 Å². The van der Waals surface area contributed by atoms with Crippen LogP contribution >= 0.6 is 0 Å². The molecule has 2 aliphatic rings. The summed E-state index contributed by atoms with van der Waals surface area (Å²) in [5.74, 6) is -0.328. The van der Waals surface area contributed by atoms with Gasteiger partial charge in [0.05, 0.1) is 17.5 Å². The Kier molecular flexibility index (Phi) is 6.30. The molecule has 2 fully saturated rings. The number of fused-ring (bicyclic) bond motifs is 1. The summed E-state index contributed by atoms with van der Waals surface area (Å²) in [5.41, 5.74) is 0.400. The van der Waals surface area contributed by atoms with Gasteiger partial charge in [-0.3, -0.25) is 14.4 Å². The van der Waals surface area contributed by atoms with Crippen molar-refractivity contribution < 1.29 is 19.1 Å². The number of carbonyl (C=O) groups is 3. The van der Waals surface area contributed by atoms with Crippen LogP contribution < -0.4 is 9.64 Å². The van der Waals surface area contributed by atoms with Gasteiger partial charge in [0.25, 0.3) is 0 Å². The number of benzene rings is 1. The van der Waals surface area contributed by atoms with Crippen molar-refractivity contribution in [1.82, 2.24) is 0 Å². The Bertz CT molecular complexity index is 714. The molecule has 1 aliphatic heterocycles. The predicted molar refractivity (Wildman–Crippen MR) is 103 cm³/mol. The van der Waals surface area contributed by atoms with Crippen LogP contribution in [0.25, 0.3) is 0 Å². The molecule has 5 nitrogen and oxygen atoms in total. The Morgan fingerprint density at radius 1 is 1.07 bits per heavy atom. The Labute approximate surface area is 161 Å². The lowest BCUT2D eigenvalue weighted by atomic mass is 9.76. The van der Waals surface area contributed by atoms with Gasteiger partial charge < -0.3 is 4.74 Å². The van der Waals surface area contributed by atoms with E-state index in [1.165, 1.54) is 4.90 Å². The summed E-state index contributed by atoms with van der Waals surface area (Å²) in [7, 11) is 0. The highest BCUT2D eigenvalue weighted by atomic mass is 16.5. The zero-order chi connectivity index (χ0) is 19.4. The smallest absolute Gasteiger partial charge is 0.311 e. The van der Waals surface area contributed by atoms with Gasteiger partial charge in [-0.05, 0) is 43.7 Å². The molecule has 1 saturated carbocycles. The highest BCUT2D eigenvalue weighted by Crippen LogP contribution is 2.44. The summed E-state index contributed by atoms with van der Waals surface area (Å²) in [6.45, 7) is 4.25. The summed E-state index contributed by atoms with van der Waals surface area (Å²) < 4.78 is 5.52. The number of rotatable bonds is 7. The van der Waals surface area contributed by atoms with Crippen molar-refractivity contribution in [1.29, 1.82) is 0 Å². The van der Waals surface area contributed by atoms with Gasteiger partial charge in [0.1, 0.15) is 0 Å². The first kappa shape index (κ1) is 19.6. The average molecular weight is 371 g/mol. The fourth-order valence-corrected chi connectivity index (χ4v) is 4.23. The van der Waals surface area contributed by atoms with E-state index in [0.717, 1.165) is 44.9 Å². The normalized spacial score (nSPS) is 24.8. The molecule has 146 valence electrons. The predicted octanol–water partition coefficient (Wildman–Crippen LogP) is 4.49. The summed E-state index contributed by atoms with van der Waals surface area (Å²) in [4.78, 5) is 39.3. The lowest BCUT2D eigenvalue weighted by Gasteiger charge is -2.25. The number of nitrogens with zero attached hydrogens (tertiary/aromatic N) is 1. The summed E-state index contributed by atoms with van der Waals surface area (Å²) in [6, 6.07) is 6.86. The lowest BCUT2D eigenvalue weighted by molar-refractivity contribution is -0.134. The number of unbranched alkanes of at least 4 members (excludes halogenated alkanes) is 3. The minimum atomic E-state index is -0.316. The Hall–Kier alpha value is -2.17. The zero-order valence-electron chi connectivity index (χ0n) is 16.3. The van der Waals surface area contributed by atoms with Gasteiger partial charge >= 0.3 is 5.97 Å². The van der Waals surface area contributed by atoms with Crippen LogP contribution in [0.1, 0.15) is 65.2 Å². The molecular weight excluding hydrogens is 342 g/mol. The number of imide groups is 1. The van der Waals surface area contributed by atoms with Gasteiger partial charge in [-0.25, -0.2) is 4.90 Å². The van der Waals surface area contributed by atoms with Crippen molar-refractivity contribution in [2.75, 3.05) is 4.90 Å². The molecule has 2 amide bonds. The second kappa shape index (κ2) is 8.68. The Balaban J connectivity index is 1.74. The fourth-order valence-electron chi connectivity index (χ4n) is 4.23. The van der Waals surface area contributed by atoms with Gasteiger partial charge in [-0.15, -0.1) is 0 Å². The number of anilines is 1. The monoisotopic (exact) mass is 371 g/mol. The lowest BCUT2D eigenvalue weighted by Crippen LogP contribution is -2.31. The largest absolute Gasteiger partial charge is 0.424 e. The van der Waals surface area contributed by atoms with Crippen LogP contribution in [0, 0.1) is 17.8 Å². The second-order valence-electron chi connectivity index (χ2n) is 7.90. The standard InChI is InChI=1S/C22H29NO4/c1-3-4-5-6-11-20(24)27-19-10-8-7-9-18(19)23-21(25)16-13-12-15(2)14-17(16)22(23)26/h7-10,15-17H,3-6,11-14H2,1-2H3/t15-,16+,17+/m0/s1. The molecule has 0 aromatic heterocycles. The van der Waals surface area contributed by atoms with Crippen LogP contribution in [-0.2, 0) is 14.4 Å². The third kappa shape index (κ3) is 4.23. The molecule has 1 saturated heterocycles. The van der Waals surface area contributed by atoms with Crippen LogP contribution in [0.5, 0.6) is 5.75 Å². The van der Waals surface area contributed by atoms with E-state index in [4.69, 9.17) is 4.74 Å². The number of hydrogen-bond donors (Lipinski definition) is 0. The van der Waals surface area contributed by atoms with Gasteiger partial charge in [0, 0.05) is 6.42 Å². The molecule has 0 N–H and O–H groups in total. The summed E-state index contributed by atoms with van der Waals surface area (Å²) >= 11 is 0. The third-order valence-corrected chi connectivity index (χ3v) is 5.75. The maximum absolute atomic E-state index is 12.9. The first-order valence-corrected chi connectivity index (χ1v) is 10.2. The van der Waals surface area contributed by atoms with Gasteiger partial charge in [-0.2, -0.15) is 0 Å². The molecule has 0 radical (unpaired) electrons. The van der Waals surface area contributed by atoms with E-state index in [1.807, 2.05) is 0 Å². The van der Waals surface area contributed by atoms with Gasteiger partial charge in [0.2, 0.25) is 11.8 Å².